The van der Waals surface area contributed by atoms with Crippen molar-refractivity contribution in [2.75, 3.05) is 6.54 Å². The van der Waals surface area contributed by atoms with E-state index in [0.29, 0.717) is 5.41 Å². The van der Waals surface area contributed by atoms with Crippen molar-refractivity contribution in [3.05, 3.63) is 0 Å². The molecule has 0 aromatic rings. The van der Waals surface area contributed by atoms with Crippen LogP contribution >= 0.6 is 0 Å². The van der Waals surface area contributed by atoms with Gasteiger partial charge < -0.3 is 5.73 Å². The highest BCUT2D eigenvalue weighted by atomic mass is 14.6. The lowest BCUT2D eigenvalue weighted by Gasteiger charge is -2.38. The quantitative estimate of drug-likeness (QED) is 0.668. The molecule has 2 N–H and O–H groups in total. The van der Waals surface area contributed by atoms with Gasteiger partial charge in [0, 0.05) is 0 Å². The highest BCUT2D eigenvalue weighted by Gasteiger charge is 2.31. The monoisotopic (exact) mass is 197 g/mol. The maximum Gasteiger partial charge on any atom is -0.00205 e. The zero-order chi connectivity index (χ0) is 10.4. The van der Waals surface area contributed by atoms with Gasteiger partial charge in [0.2, 0.25) is 0 Å². The van der Waals surface area contributed by atoms with Gasteiger partial charge in [-0.1, -0.05) is 46.0 Å². The van der Waals surface area contributed by atoms with Gasteiger partial charge >= 0.3 is 0 Å². The number of unbranched alkanes of at least 4 members (excludes halogenated alkanes) is 2. The van der Waals surface area contributed by atoms with Crippen LogP contribution in [0.1, 0.15) is 65.2 Å². The molecule has 1 saturated carbocycles. The van der Waals surface area contributed by atoms with Gasteiger partial charge in [0.1, 0.15) is 0 Å². The Kier molecular flexibility index (Phi) is 4.94. The zero-order valence-electron chi connectivity index (χ0n) is 10.0. The Morgan fingerprint density at radius 1 is 1.21 bits per heavy atom. The summed E-state index contributed by atoms with van der Waals surface area (Å²) in [7, 11) is 0. The van der Waals surface area contributed by atoms with Crippen LogP contribution in [0.25, 0.3) is 0 Å². The summed E-state index contributed by atoms with van der Waals surface area (Å²) in [6, 6.07) is 0. The SMILES string of the molecule is CCCCCC1(CN)CCC(C)CC1. The molecule has 1 aliphatic rings. The zero-order valence-corrected chi connectivity index (χ0v) is 10.0. The molecule has 0 amide bonds. The van der Waals surface area contributed by atoms with Crippen LogP contribution in [0, 0.1) is 11.3 Å². The molecule has 14 heavy (non-hydrogen) atoms. The fraction of sp³-hybridized carbons (Fsp3) is 1.00. The Bertz CT molecular complexity index is 145. The Hall–Kier alpha value is -0.0400. The second kappa shape index (κ2) is 5.75. The van der Waals surface area contributed by atoms with E-state index in [1.54, 1.807) is 0 Å². The normalized spacial score (nSPS) is 33.2. The molecule has 1 fully saturated rings. The van der Waals surface area contributed by atoms with Crippen LogP contribution in [-0.2, 0) is 0 Å². The molecule has 0 aromatic carbocycles. The Labute approximate surface area is 89.5 Å². The van der Waals surface area contributed by atoms with E-state index in [0.717, 1.165) is 12.5 Å². The van der Waals surface area contributed by atoms with Crippen LogP contribution in [0.5, 0.6) is 0 Å². The summed E-state index contributed by atoms with van der Waals surface area (Å²) in [4.78, 5) is 0. The molecule has 1 rings (SSSR count). The Balaban J connectivity index is 2.34. The van der Waals surface area contributed by atoms with Gasteiger partial charge in [0.05, 0.1) is 0 Å². The minimum atomic E-state index is 0.529. The molecular weight excluding hydrogens is 170 g/mol. The average Bonchev–Trinajstić information content (AvgIpc) is 2.22. The largest absolute Gasteiger partial charge is 0.330 e. The Morgan fingerprint density at radius 3 is 2.36 bits per heavy atom. The first-order valence-corrected chi connectivity index (χ1v) is 6.42. The topological polar surface area (TPSA) is 26.0 Å². The lowest BCUT2D eigenvalue weighted by Crippen LogP contribution is -2.34. The van der Waals surface area contributed by atoms with Crippen molar-refractivity contribution >= 4 is 0 Å². The molecule has 0 bridgehead atoms. The van der Waals surface area contributed by atoms with Crippen molar-refractivity contribution in [1.82, 2.24) is 0 Å². The second-order valence-corrected chi connectivity index (χ2v) is 5.34. The lowest BCUT2D eigenvalue weighted by molar-refractivity contribution is 0.146. The predicted octanol–water partition coefficient (Wildman–Crippen LogP) is 3.72. The van der Waals surface area contributed by atoms with Crippen molar-refractivity contribution in [3.63, 3.8) is 0 Å². The van der Waals surface area contributed by atoms with Crippen LogP contribution in [-0.4, -0.2) is 6.54 Å². The van der Waals surface area contributed by atoms with Crippen LogP contribution in [0.4, 0.5) is 0 Å². The van der Waals surface area contributed by atoms with Gasteiger partial charge in [0.25, 0.3) is 0 Å². The van der Waals surface area contributed by atoms with Crippen LogP contribution in [0.3, 0.4) is 0 Å². The van der Waals surface area contributed by atoms with Crippen molar-refractivity contribution < 1.29 is 0 Å². The van der Waals surface area contributed by atoms with E-state index >= 15 is 0 Å². The molecule has 0 radical (unpaired) electrons. The summed E-state index contributed by atoms with van der Waals surface area (Å²) in [6.07, 6.45) is 11.1. The summed E-state index contributed by atoms with van der Waals surface area (Å²) in [5, 5.41) is 0. The molecule has 0 spiro atoms. The molecular formula is C13H27N. The van der Waals surface area contributed by atoms with Crippen molar-refractivity contribution in [1.29, 1.82) is 0 Å². The molecule has 0 aromatic heterocycles. The van der Waals surface area contributed by atoms with E-state index in [9.17, 15) is 0 Å². The summed E-state index contributed by atoms with van der Waals surface area (Å²) in [5.74, 6) is 0.945. The molecule has 0 saturated heterocycles. The number of hydrogen-bond donors (Lipinski definition) is 1. The first kappa shape index (κ1) is 12.0. The van der Waals surface area contributed by atoms with E-state index in [4.69, 9.17) is 5.73 Å². The molecule has 0 aliphatic heterocycles. The molecule has 1 aliphatic carbocycles. The highest BCUT2D eigenvalue weighted by molar-refractivity contribution is 4.85. The van der Waals surface area contributed by atoms with Crippen LogP contribution in [0.2, 0.25) is 0 Å². The highest BCUT2D eigenvalue weighted by Crippen LogP contribution is 2.41. The maximum absolute atomic E-state index is 5.97. The van der Waals surface area contributed by atoms with E-state index in [1.165, 1.54) is 51.4 Å². The predicted molar refractivity (Wildman–Crippen MR) is 63.3 cm³/mol. The Morgan fingerprint density at radius 2 is 1.86 bits per heavy atom. The second-order valence-electron chi connectivity index (χ2n) is 5.34. The molecule has 0 unspecified atom stereocenters. The van der Waals surface area contributed by atoms with Crippen LogP contribution in [0.15, 0.2) is 0 Å². The third-order valence-corrected chi connectivity index (χ3v) is 4.08. The summed E-state index contributed by atoms with van der Waals surface area (Å²) >= 11 is 0. The third kappa shape index (κ3) is 3.27. The van der Waals surface area contributed by atoms with E-state index < -0.39 is 0 Å². The molecule has 0 heterocycles. The molecule has 84 valence electrons. The molecule has 1 nitrogen and oxygen atoms in total. The van der Waals surface area contributed by atoms with E-state index in [2.05, 4.69) is 13.8 Å². The maximum atomic E-state index is 5.97. The summed E-state index contributed by atoms with van der Waals surface area (Å²) < 4.78 is 0. The smallest absolute Gasteiger partial charge is 0.00205 e. The van der Waals surface area contributed by atoms with Gasteiger partial charge in [0.15, 0.2) is 0 Å². The van der Waals surface area contributed by atoms with Crippen molar-refractivity contribution in [3.8, 4) is 0 Å². The number of rotatable bonds is 5. The lowest BCUT2D eigenvalue weighted by atomic mass is 9.68. The number of hydrogen-bond acceptors (Lipinski definition) is 1. The van der Waals surface area contributed by atoms with Gasteiger partial charge in [-0.25, -0.2) is 0 Å². The first-order valence-electron chi connectivity index (χ1n) is 6.42. The van der Waals surface area contributed by atoms with Crippen molar-refractivity contribution in [2.45, 2.75) is 65.2 Å². The summed E-state index contributed by atoms with van der Waals surface area (Å²) in [6.45, 7) is 5.58. The van der Waals surface area contributed by atoms with E-state index in [-0.39, 0.29) is 0 Å². The standard InChI is InChI=1S/C13H27N/c1-3-4-5-8-13(11-14)9-6-12(2)7-10-13/h12H,3-11,14H2,1-2H3. The average molecular weight is 197 g/mol. The molecule has 0 atom stereocenters. The summed E-state index contributed by atoms with van der Waals surface area (Å²) in [5.41, 5.74) is 6.50. The number of nitrogens with two attached hydrogens (primary N) is 1. The fourth-order valence-electron chi connectivity index (χ4n) is 2.68. The van der Waals surface area contributed by atoms with Gasteiger partial charge in [-0.3, -0.25) is 0 Å². The molecule has 1 heteroatoms. The van der Waals surface area contributed by atoms with Gasteiger partial charge in [-0.15, -0.1) is 0 Å². The van der Waals surface area contributed by atoms with Crippen LogP contribution < -0.4 is 5.73 Å². The third-order valence-electron chi connectivity index (χ3n) is 4.08. The van der Waals surface area contributed by atoms with Crippen molar-refractivity contribution in [2.24, 2.45) is 17.1 Å². The van der Waals surface area contributed by atoms with E-state index in [1.807, 2.05) is 0 Å². The van der Waals surface area contributed by atoms with Gasteiger partial charge in [-0.05, 0) is 37.1 Å². The fourth-order valence-corrected chi connectivity index (χ4v) is 2.68. The van der Waals surface area contributed by atoms with Gasteiger partial charge in [-0.2, -0.15) is 0 Å². The first-order chi connectivity index (χ1) is 6.72. The minimum absolute atomic E-state index is 0.529. The minimum Gasteiger partial charge on any atom is -0.330 e.